The lowest BCUT2D eigenvalue weighted by atomic mass is 9.96. The minimum atomic E-state index is -4.70. The lowest BCUT2D eigenvalue weighted by molar-refractivity contribution is -0.155. The smallest absolute Gasteiger partial charge is 0.431 e. The second kappa shape index (κ2) is 14.9. The Morgan fingerprint density at radius 1 is 1.24 bits per heavy atom. The molecule has 1 aliphatic heterocycles. The van der Waals surface area contributed by atoms with Crippen molar-refractivity contribution in [2.24, 2.45) is 11.3 Å². The van der Waals surface area contributed by atoms with Crippen LogP contribution >= 0.6 is 23.4 Å². The van der Waals surface area contributed by atoms with Crippen molar-refractivity contribution >= 4 is 41.0 Å². The fourth-order valence-electron chi connectivity index (χ4n) is 3.12. The van der Waals surface area contributed by atoms with Gasteiger partial charge in [-0.3, -0.25) is 14.4 Å². The third-order valence-electron chi connectivity index (χ3n) is 5.52. The lowest BCUT2D eigenvalue weighted by Crippen LogP contribution is -2.32. The maximum absolute atomic E-state index is 13.5. The molecular formula is C26H34ClF4NO5S. The topological polar surface area (TPSA) is 72.9 Å². The van der Waals surface area contributed by atoms with E-state index in [4.69, 9.17) is 21.1 Å². The summed E-state index contributed by atoms with van der Waals surface area (Å²) in [6.45, 7) is 9.23. The zero-order valence-electron chi connectivity index (χ0n) is 22.3. The maximum atomic E-state index is 13.5. The molecule has 0 radical (unpaired) electrons. The van der Waals surface area contributed by atoms with Crippen LogP contribution in [0.2, 0.25) is 5.02 Å². The SMILES string of the molecule is CC(=O)/C=C(\N(C)C(C)=O)C(F)(F)F.Cc1cc(SCC(C)(C)C(=O)OCC2CCCOC2)c(Cl)cc1F. The molecule has 6 nitrogen and oxygen atoms in total. The third kappa shape index (κ3) is 11.3. The molecule has 1 amide bonds. The second-order valence-corrected chi connectivity index (χ2v) is 11.0. The highest BCUT2D eigenvalue weighted by atomic mass is 35.5. The Labute approximate surface area is 230 Å². The molecule has 0 aromatic heterocycles. The van der Waals surface area contributed by atoms with Gasteiger partial charge in [0.15, 0.2) is 5.78 Å². The number of hydrogen-bond donors (Lipinski definition) is 0. The lowest BCUT2D eigenvalue weighted by Gasteiger charge is -2.26. The molecule has 1 atom stereocenters. The highest BCUT2D eigenvalue weighted by molar-refractivity contribution is 7.99. The quantitative estimate of drug-likeness (QED) is 0.153. The van der Waals surface area contributed by atoms with Gasteiger partial charge in [-0.2, -0.15) is 13.2 Å². The van der Waals surface area contributed by atoms with Gasteiger partial charge in [0.25, 0.3) is 0 Å². The molecule has 214 valence electrons. The fourth-order valence-corrected chi connectivity index (χ4v) is 4.52. The number of halogens is 5. The van der Waals surface area contributed by atoms with Gasteiger partial charge in [0.05, 0.1) is 23.7 Å². The van der Waals surface area contributed by atoms with Gasteiger partial charge < -0.3 is 14.4 Å². The van der Waals surface area contributed by atoms with E-state index in [0.717, 1.165) is 45.2 Å². The number of ketones is 1. The van der Waals surface area contributed by atoms with Crippen molar-refractivity contribution in [3.05, 3.63) is 40.3 Å². The Morgan fingerprint density at radius 3 is 2.37 bits per heavy atom. The standard InChI is InChI=1S/C18H24ClFO3S.C8H10F3NO2/c1-12-7-16(14(19)8-15(12)20)24-11-18(2,3)17(21)23-10-13-5-4-6-22-9-13;1-5(13)4-7(8(9,10)11)12(3)6(2)14/h7-8,13H,4-6,9-11H2,1-3H3;4H,1-3H3/b;7-4-. The van der Waals surface area contributed by atoms with E-state index < -0.39 is 29.0 Å². The molecule has 0 bridgehead atoms. The number of carbonyl (C=O) groups is 3. The van der Waals surface area contributed by atoms with E-state index in [-0.39, 0.29) is 11.8 Å². The molecule has 0 spiro atoms. The minimum Gasteiger partial charge on any atom is -0.465 e. The third-order valence-corrected chi connectivity index (χ3v) is 7.46. The predicted octanol–water partition coefficient (Wildman–Crippen LogP) is 6.38. The molecule has 0 N–H and O–H groups in total. The van der Waals surface area contributed by atoms with Crippen LogP contribution in [-0.2, 0) is 23.9 Å². The molecular weight excluding hydrogens is 550 g/mol. The molecule has 1 aliphatic rings. The number of carbonyl (C=O) groups excluding carboxylic acids is 3. The molecule has 2 rings (SSSR count). The van der Waals surface area contributed by atoms with Crippen molar-refractivity contribution < 1.29 is 41.4 Å². The summed E-state index contributed by atoms with van der Waals surface area (Å²) in [7, 11) is 0.963. The normalized spacial score (nSPS) is 16.3. The van der Waals surface area contributed by atoms with Gasteiger partial charge in [-0.05, 0) is 58.2 Å². The Bertz CT molecular complexity index is 1020. The molecule has 1 aromatic rings. The van der Waals surface area contributed by atoms with Crippen molar-refractivity contribution in [3.8, 4) is 0 Å². The Hall–Kier alpha value is -2.11. The highest BCUT2D eigenvalue weighted by Gasteiger charge is 2.38. The molecule has 0 saturated carbocycles. The number of rotatable bonds is 8. The molecule has 1 unspecified atom stereocenters. The number of allylic oxidation sites excluding steroid dienone is 2. The van der Waals surface area contributed by atoms with Gasteiger partial charge in [-0.1, -0.05) is 11.6 Å². The zero-order valence-corrected chi connectivity index (χ0v) is 23.9. The van der Waals surface area contributed by atoms with Crippen molar-refractivity contribution in [1.29, 1.82) is 0 Å². The van der Waals surface area contributed by atoms with E-state index in [1.54, 1.807) is 13.0 Å². The minimum absolute atomic E-state index is 0.226. The average Bonchev–Trinajstić information content (AvgIpc) is 2.82. The maximum Gasteiger partial charge on any atom is 0.431 e. The number of hydrogen-bond acceptors (Lipinski definition) is 6. The van der Waals surface area contributed by atoms with Gasteiger partial charge in [-0.25, -0.2) is 4.39 Å². The molecule has 1 aromatic carbocycles. The number of benzene rings is 1. The van der Waals surface area contributed by atoms with Crippen LogP contribution in [0.5, 0.6) is 0 Å². The van der Waals surface area contributed by atoms with Crippen LogP contribution in [-0.4, -0.2) is 61.4 Å². The first-order valence-electron chi connectivity index (χ1n) is 11.8. The van der Waals surface area contributed by atoms with Gasteiger partial charge in [0.2, 0.25) is 5.91 Å². The van der Waals surface area contributed by atoms with Crippen LogP contribution in [0.25, 0.3) is 0 Å². The molecule has 12 heteroatoms. The summed E-state index contributed by atoms with van der Waals surface area (Å²) >= 11 is 7.52. The van der Waals surface area contributed by atoms with Crippen molar-refractivity contribution in [2.45, 2.75) is 58.5 Å². The fraction of sp³-hybridized carbons (Fsp3) is 0.577. The highest BCUT2D eigenvalue weighted by Crippen LogP contribution is 2.34. The number of ether oxygens (including phenoxy) is 2. The van der Waals surface area contributed by atoms with Crippen molar-refractivity contribution in [2.75, 3.05) is 32.6 Å². The number of nitrogens with zero attached hydrogens (tertiary/aromatic N) is 1. The summed E-state index contributed by atoms with van der Waals surface area (Å²) in [5, 5.41) is 0.367. The molecule has 1 heterocycles. The zero-order chi connectivity index (χ0) is 29.3. The van der Waals surface area contributed by atoms with Gasteiger partial charge in [-0.15, -0.1) is 11.8 Å². The number of aryl methyl sites for hydroxylation is 1. The van der Waals surface area contributed by atoms with Crippen LogP contribution in [0.3, 0.4) is 0 Å². The Balaban J connectivity index is 0.000000442. The molecule has 0 aliphatic carbocycles. The number of thioether (sulfide) groups is 1. The number of esters is 1. The summed E-state index contributed by atoms with van der Waals surface area (Å²) < 4.78 is 61.2. The van der Waals surface area contributed by atoms with Crippen molar-refractivity contribution in [1.82, 2.24) is 4.90 Å². The number of amides is 1. The van der Waals surface area contributed by atoms with Crippen molar-refractivity contribution in [3.63, 3.8) is 0 Å². The van der Waals surface area contributed by atoms with E-state index >= 15 is 0 Å². The van der Waals surface area contributed by atoms with E-state index in [0.29, 0.717) is 46.4 Å². The largest absolute Gasteiger partial charge is 0.465 e. The summed E-state index contributed by atoms with van der Waals surface area (Å²) in [5.41, 5.74) is -1.36. The summed E-state index contributed by atoms with van der Waals surface area (Å²) in [4.78, 5) is 34.7. The van der Waals surface area contributed by atoms with Gasteiger partial charge >= 0.3 is 12.1 Å². The van der Waals surface area contributed by atoms with E-state index in [1.165, 1.54) is 17.8 Å². The predicted molar refractivity (Wildman–Crippen MR) is 138 cm³/mol. The van der Waals surface area contributed by atoms with Crippen LogP contribution in [0.1, 0.15) is 46.1 Å². The first-order chi connectivity index (χ1) is 17.5. The Morgan fingerprint density at radius 2 is 1.87 bits per heavy atom. The second-order valence-electron chi connectivity index (χ2n) is 9.60. The van der Waals surface area contributed by atoms with E-state index in [2.05, 4.69) is 0 Å². The van der Waals surface area contributed by atoms with Gasteiger partial charge in [0.1, 0.15) is 11.5 Å². The average molecular weight is 584 g/mol. The van der Waals surface area contributed by atoms with Gasteiger partial charge in [0, 0.05) is 43.2 Å². The number of alkyl halides is 3. The Kier molecular flexibility index (Phi) is 13.3. The first-order valence-corrected chi connectivity index (χ1v) is 13.2. The molecule has 1 saturated heterocycles. The van der Waals surface area contributed by atoms with Crippen LogP contribution in [0.15, 0.2) is 28.8 Å². The van der Waals surface area contributed by atoms with Crippen LogP contribution in [0.4, 0.5) is 17.6 Å². The van der Waals surface area contributed by atoms with E-state index in [9.17, 15) is 31.9 Å². The first kappa shape index (κ1) is 33.9. The molecule has 1 fully saturated rings. The summed E-state index contributed by atoms with van der Waals surface area (Å²) in [5.74, 6) is -1.29. The monoisotopic (exact) mass is 583 g/mol. The van der Waals surface area contributed by atoms with Crippen LogP contribution in [0, 0.1) is 24.1 Å². The molecule has 38 heavy (non-hydrogen) atoms. The summed E-state index contributed by atoms with van der Waals surface area (Å²) in [6.07, 6.45) is -2.26. The van der Waals surface area contributed by atoms with E-state index in [1.807, 2.05) is 13.8 Å². The van der Waals surface area contributed by atoms with Crippen LogP contribution < -0.4 is 0 Å². The summed E-state index contributed by atoms with van der Waals surface area (Å²) in [6, 6.07) is 3.02.